The highest BCUT2D eigenvalue weighted by atomic mass is 16.3. The molecular formula is C15H23N3O4. The predicted octanol–water partition coefficient (Wildman–Crippen LogP) is -0.406. The van der Waals surface area contributed by atoms with E-state index < -0.39 is 17.4 Å². The van der Waals surface area contributed by atoms with E-state index in [4.69, 9.17) is 0 Å². The molecular weight excluding hydrogens is 286 g/mol. The topological polar surface area (TPSA) is 95.7 Å². The molecule has 1 aliphatic rings. The molecule has 1 fully saturated rings. The summed E-state index contributed by atoms with van der Waals surface area (Å²) in [5.74, 6) is -0.256. The van der Waals surface area contributed by atoms with Crippen molar-refractivity contribution in [2.45, 2.75) is 51.9 Å². The average Bonchev–Trinajstić information content (AvgIpc) is 2.45. The normalized spacial score (nSPS) is 25.3. The molecule has 2 rings (SSSR count). The SMILES string of the molecule is CC[C@@]1(O)CCN(C(=O)Cn2c(C)cc(C)nc2=O)C[C@H]1O. The number of aryl methyl sites for hydroxylation is 2. The second-order valence-corrected chi connectivity index (χ2v) is 5.97. The van der Waals surface area contributed by atoms with Crippen molar-refractivity contribution in [2.75, 3.05) is 13.1 Å². The standard InChI is InChI=1S/C15H23N3O4/c1-4-15(22)5-6-17(8-12(15)19)13(20)9-18-11(3)7-10(2)16-14(18)21/h7,12,19,22H,4-6,8-9H2,1-3H3/t12-,15-/m1/s1. The van der Waals surface area contributed by atoms with E-state index in [-0.39, 0.29) is 19.0 Å². The highest BCUT2D eigenvalue weighted by molar-refractivity contribution is 5.76. The van der Waals surface area contributed by atoms with E-state index >= 15 is 0 Å². The molecule has 0 bridgehead atoms. The number of carbonyl (C=O) groups excluding carboxylic acids is 1. The third-order valence-electron chi connectivity index (χ3n) is 4.43. The third-order valence-corrected chi connectivity index (χ3v) is 4.43. The second-order valence-electron chi connectivity index (χ2n) is 5.97. The van der Waals surface area contributed by atoms with Gasteiger partial charge in [-0.15, -0.1) is 0 Å². The predicted molar refractivity (Wildman–Crippen MR) is 80.4 cm³/mol. The molecule has 2 heterocycles. The molecule has 2 N–H and O–H groups in total. The van der Waals surface area contributed by atoms with Gasteiger partial charge in [-0.1, -0.05) is 6.92 Å². The summed E-state index contributed by atoms with van der Waals surface area (Å²) >= 11 is 0. The molecule has 0 aliphatic carbocycles. The number of aliphatic hydroxyl groups is 2. The minimum atomic E-state index is -1.13. The summed E-state index contributed by atoms with van der Waals surface area (Å²) in [6, 6.07) is 1.75. The molecule has 7 heteroatoms. The smallest absolute Gasteiger partial charge is 0.348 e. The molecule has 1 aromatic rings. The van der Waals surface area contributed by atoms with Crippen molar-refractivity contribution in [1.29, 1.82) is 0 Å². The van der Waals surface area contributed by atoms with Crippen molar-refractivity contribution >= 4 is 5.91 Å². The van der Waals surface area contributed by atoms with Crippen molar-refractivity contribution in [1.82, 2.24) is 14.5 Å². The lowest BCUT2D eigenvalue weighted by atomic mass is 9.86. The second kappa shape index (κ2) is 6.18. The van der Waals surface area contributed by atoms with Gasteiger partial charge in [0.1, 0.15) is 12.6 Å². The molecule has 1 aromatic heterocycles. The molecule has 0 unspecified atom stereocenters. The quantitative estimate of drug-likeness (QED) is 0.792. The first-order valence-corrected chi connectivity index (χ1v) is 7.50. The number of amides is 1. The number of carbonyl (C=O) groups is 1. The van der Waals surface area contributed by atoms with E-state index in [1.807, 2.05) is 6.92 Å². The van der Waals surface area contributed by atoms with E-state index in [1.54, 1.807) is 19.9 Å². The van der Waals surface area contributed by atoms with Crippen LogP contribution in [0.2, 0.25) is 0 Å². The number of aromatic nitrogens is 2. The van der Waals surface area contributed by atoms with Gasteiger partial charge in [-0.25, -0.2) is 4.79 Å². The number of hydrogen-bond acceptors (Lipinski definition) is 5. The first-order chi connectivity index (χ1) is 10.3. The first-order valence-electron chi connectivity index (χ1n) is 7.50. The zero-order valence-electron chi connectivity index (χ0n) is 13.2. The largest absolute Gasteiger partial charge is 0.388 e. The minimum absolute atomic E-state index is 0.0796. The summed E-state index contributed by atoms with van der Waals surface area (Å²) in [5, 5.41) is 20.2. The van der Waals surface area contributed by atoms with Gasteiger partial charge >= 0.3 is 5.69 Å². The maximum atomic E-state index is 12.3. The Bertz CT molecular complexity index is 628. The zero-order chi connectivity index (χ0) is 16.5. The summed E-state index contributed by atoms with van der Waals surface area (Å²) in [6.45, 7) is 5.64. The molecule has 122 valence electrons. The third kappa shape index (κ3) is 3.20. The Kier molecular flexibility index (Phi) is 4.67. The number of piperidine rings is 1. The molecule has 1 saturated heterocycles. The zero-order valence-corrected chi connectivity index (χ0v) is 13.2. The maximum absolute atomic E-state index is 12.3. The minimum Gasteiger partial charge on any atom is -0.388 e. The van der Waals surface area contributed by atoms with E-state index in [1.165, 1.54) is 9.47 Å². The van der Waals surface area contributed by atoms with Crippen molar-refractivity contribution in [3.63, 3.8) is 0 Å². The fraction of sp³-hybridized carbons (Fsp3) is 0.667. The molecule has 1 aliphatic heterocycles. The Hall–Kier alpha value is -1.73. The van der Waals surface area contributed by atoms with Crippen molar-refractivity contribution in [3.8, 4) is 0 Å². The number of β-amino-alcohol motifs (C(OH)–C–C–N with tert-alkyl or cyclic N) is 1. The summed E-state index contributed by atoms with van der Waals surface area (Å²) in [4.78, 5) is 29.5. The van der Waals surface area contributed by atoms with E-state index in [0.29, 0.717) is 30.8 Å². The Balaban J connectivity index is 2.10. The van der Waals surface area contributed by atoms with Crippen LogP contribution >= 0.6 is 0 Å². The van der Waals surface area contributed by atoms with Crippen molar-refractivity contribution < 1.29 is 15.0 Å². The molecule has 0 spiro atoms. The van der Waals surface area contributed by atoms with Crippen LogP contribution in [0.25, 0.3) is 0 Å². The number of aliphatic hydroxyl groups excluding tert-OH is 1. The monoisotopic (exact) mass is 309 g/mol. The Morgan fingerprint density at radius 2 is 2.18 bits per heavy atom. The van der Waals surface area contributed by atoms with E-state index in [0.717, 1.165) is 0 Å². The molecule has 1 amide bonds. The van der Waals surface area contributed by atoms with Crippen LogP contribution in [-0.2, 0) is 11.3 Å². The Morgan fingerprint density at radius 1 is 1.50 bits per heavy atom. The van der Waals surface area contributed by atoms with Gasteiger partial charge in [0.15, 0.2) is 0 Å². The number of nitrogens with zero attached hydrogens (tertiary/aromatic N) is 3. The lowest BCUT2D eigenvalue weighted by Crippen LogP contribution is -2.57. The van der Waals surface area contributed by atoms with Crippen molar-refractivity contribution in [3.05, 3.63) is 27.9 Å². The number of likely N-dealkylation sites (tertiary alicyclic amines) is 1. The lowest BCUT2D eigenvalue weighted by Gasteiger charge is -2.41. The van der Waals surface area contributed by atoms with Crippen LogP contribution in [0.3, 0.4) is 0 Å². The fourth-order valence-corrected chi connectivity index (χ4v) is 2.81. The summed E-state index contributed by atoms with van der Waals surface area (Å²) in [6.07, 6.45) is -0.197. The lowest BCUT2D eigenvalue weighted by molar-refractivity contribution is -0.150. The average molecular weight is 309 g/mol. The van der Waals surface area contributed by atoms with Gasteiger partial charge in [-0.05, 0) is 32.8 Å². The Labute approximate surface area is 129 Å². The van der Waals surface area contributed by atoms with Gasteiger partial charge in [0, 0.05) is 24.5 Å². The van der Waals surface area contributed by atoms with Gasteiger partial charge in [-0.2, -0.15) is 4.98 Å². The van der Waals surface area contributed by atoms with Crippen LogP contribution in [-0.4, -0.2) is 55.4 Å². The van der Waals surface area contributed by atoms with Crippen LogP contribution in [0.4, 0.5) is 0 Å². The van der Waals surface area contributed by atoms with Gasteiger partial charge in [-0.3, -0.25) is 9.36 Å². The molecule has 0 aromatic carbocycles. The van der Waals surface area contributed by atoms with Gasteiger partial charge in [0.05, 0.1) is 5.60 Å². The Morgan fingerprint density at radius 3 is 2.73 bits per heavy atom. The summed E-state index contributed by atoms with van der Waals surface area (Å²) in [7, 11) is 0. The molecule has 0 radical (unpaired) electrons. The molecule has 7 nitrogen and oxygen atoms in total. The highest BCUT2D eigenvalue weighted by Gasteiger charge is 2.40. The van der Waals surface area contributed by atoms with Crippen LogP contribution in [0.5, 0.6) is 0 Å². The fourth-order valence-electron chi connectivity index (χ4n) is 2.81. The first kappa shape index (κ1) is 16.6. The number of rotatable bonds is 3. The molecule has 0 saturated carbocycles. The van der Waals surface area contributed by atoms with Crippen molar-refractivity contribution in [2.24, 2.45) is 0 Å². The van der Waals surface area contributed by atoms with E-state index in [2.05, 4.69) is 4.98 Å². The number of hydrogen-bond donors (Lipinski definition) is 2. The maximum Gasteiger partial charge on any atom is 0.348 e. The van der Waals surface area contributed by atoms with Crippen LogP contribution in [0, 0.1) is 13.8 Å². The summed E-state index contributed by atoms with van der Waals surface area (Å²) < 4.78 is 1.32. The molecule has 22 heavy (non-hydrogen) atoms. The summed E-state index contributed by atoms with van der Waals surface area (Å²) in [5.41, 5.74) is -0.288. The van der Waals surface area contributed by atoms with Crippen LogP contribution in [0.1, 0.15) is 31.2 Å². The molecule has 2 atom stereocenters. The van der Waals surface area contributed by atoms with Gasteiger partial charge < -0.3 is 15.1 Å². The van der Waals surface area contributed by atoms with E-state index in [9.17, 15) is 19.8 Å². The highest BCUT2D eigenvalue weighted by Crippen LogP contribution is 2.25. The van der Waals surface area contributed by atoms with Gasteiger partial charge in [0.25, 0.3) is 0 Å². The van der Waals surface area contributed by atoms with Gasteiger partial charge in [0.2, 0.25) is 5.91 Å². The van der Waals surface area contributed by atoms with Crippen LogP contribution < -0.4 is 5.69 Å². The van der Waals surface area contributed by atoms with Crippen LogP contribution in [0.15, 0.2) is 10.9 Å².